The number of para-hydroxylation sites is 1. The molecule has 1 atom stereocenters. The van der Waals surface area contributed by atoms with Crippen molar-refractivity contribution in [3.8, 4) is 0 Å². The number of fused-ring (bicyclic) bond motifs is 1. The Kier molecular flexibility index (Phi) is 6.52. The molecule has 8 nitrogen and oxygen atoms in total. The highest BCUT2D eigenvalue weighted by Crippen LogP contribution is 2.32. The maximum absolute atomic E-state index is 12.9. The summed E-state index contributed by atoms with van der Waals surface area (Å²) in [4.78, 5) is 26.8. The number of carbonyl (C=O) groups excluding carboxylic acids is 2. The summed E-state index contributed by atoms with van der Waals surface area (Å²) in [7, 11) is -3.90. The van der Waals surface area contributed by atoms with Crippen LogP contribution in [0.3, 0.4) is 0 Å². The van der Waals surface area contributed by atoms with E-state index in [2.05, 4.69) is 0 Å². The van der Waals surface area contributed by atoms with Gasteiger partial charge in [0.1, 0.15) is 4.90 Å². The van der Waals surface area contributed by atoms with Gasteiger partial charge >= 0.3 is 5.97 Å². The molecule has 10 heteroatoms. The average Bonchev–Trinajstić information content (AvgIpc) is 3.13. The number of morpholine rings is 1. The monoisotopic (exact) mass is 478 g/mol. The molecule has 2 aliphatic heterocycles. The summed E-state index contributed by atoms with van der Waals surface area (Å²) < 4.78 is 37.6. The van der Waals surface area contributed by atoms with Crippen molar-refractivity contribution in [1.82, 2.24) is 4.31 Å². The second-order valence-electron chi connectivity index (χ2n) is 7.68. The summed E-state index contributed by atoms with van der Waals surface area (Å²) >= 11 is 6.13. The molecule has 0 bridgehead atoms. The van der Waals surface area contributed by atoms with Crippen molar-refractivity contribution in [2.45, 2.75) is 24.3 Å². The summed E-state index contributed by atoms with van der Waals surface area (Å²) in [6.07, 6.45) is 0.732. The molecule has 0 spiro atoms. The first-order valence-electron chi connectivity index (χ1n) is 10.2. The molecular formula is C22H23ClN2O6S. The second kappa shape index (κ2) is 9.19. The third-order valence-electron chi connectivity index (χ3n) is 5.56. The van der Waals surface area contributed by atoms with Crippen molar-refractivity contribution >= 4 is 39.2 Å². The molecule has 2 aromatic rings. The van der Waals surface area contributed by atoms with Gasteiger partial charge in [-0.25, -0.2) is 13.2 Å². The fourth-order valence-electron chi connectivity index (χ4n) is 3.98. The number of ether oxygens (including phenoxy) is 2. The van der Waals surface area contributed by atoms with Crippen LogP contribution < -0.4 is 4.90 Å². The Morgan fingerprint density at radius 2 is 1.88 bits per heavy atom. The van der Waals surface area contributed by atoms with Crippen LogP contribution in [-0.4, -0.2) is 63.6 Å². The van der Waals surface area contributed by atoms with E-state index in [-0.39, 0.29) is 40.5 Å². The number of nitrogens with zero attached hydrogens (tertiary/aromatic N) is 2. The molecule has 2 heterocycles. The van der Waals surface area contributed by atoms with Gasteiger partial charge in [0.2, 0.25) is 10.0 Å². The van der Waals surface area contributed by atoms with Gasteiger partial charge in [-0.3, -0.25) is 4.79 Å². The van der Waals surface area contributed by atoms with Crippen LogP contribution >= 0.6 is 11.6 Å². The topological polar surface area (TPSA) is 93.2 Å². The molecule has 0 saturated carbocycles. The van der Waals surface area contributed by atoms with Crippen LogP contribution in [0, 0.1) is 0 Å². The van der Waals surface area contributed by atoms with Crippen LogP contribution in [0.4, 0.5) is 5.69 Å². The predicted molar refractivity (Wildman–Crippen MR) is 118 cm³/mol. The molecule has 0 N–H and O–H groups in total. The van der Waals surface area contributed by atoms with Gasteiger partial charge in [-0.2, -0.15) is 4.31 Å². The van der Waals surface area contributed by atoms with Crippen molar-refractivity contribution in [3.63, 3.8) is 0 Å². The van der Waals surface area contributed by atoms with Gasteiger partial charge in [-0.15, -0.1) is 0 Å². The van der Waals surface area contributed by atoms with Gasteiger partial charge < -0.3 is 14.4 Å². The van der Waals surface area contributed by atoms with E-state index in [1.165, 1.54) is 22.5 Å². The molecule has 1 amide bonds. The molecule has 32 heavy (non-hydrogen) atoms. The highest BCUT2D eigenvalue weighted by Gasteiger charge is 2.32. The largest absolute Gasteiger partial charge is 0.452 e. The van der Waals surface area contributed by atoms with Crippen LogP contribution in [0.1, 0.15) is 22.8 Å². The van der Waals surface area contributed by atoms with Crippen molar-refractivity contribution in [1.29, 1.82) is 0 Å². The first kappa shape index (κ1) is 22.7. The highest BCUT2D eigenvalue weighted by molar-refractivity contribution is 7.89. The van der Waals surface area contributed by atoms with Crippen molar-refractivity contribution in [3.05, 3.63) is 58.6 Å². The van der Waals surface area contributed by atoms with Gasteiger partial charge in [0.05, 0.1) is 23.8 Å². The normalized spacial score (nSPS) is 18.9. The summed E-state index contributed by atoms with van der Waals surface area (Å²) in [6, 6.07) is 11.5. The lowest BCUT2D eigenvalue weighted by atomic mass is 10.1. The van der Waals surface area contributed by atoms with Gasteiger partial charge in [0.15, 0.2) is 6.61 Å². The standard InChI is InChI=1S/C22H23ClN2O6S/c1-15-12-16-4-2-3-5-19(16)25(15)21(26)14-31-22(27)17-6-7-18(23)20(13-17)32(28,29)24-8-10-30-11-9-24/h2-7,13,15H,8-12,14H2,1H3/t15-/m0/s1. The van der Waals surface area contributed by atoms with Crippen LogP contribution in [0.2, 0.25) is 5.02 Å². The van der Waals surface area contributed by atoms with Gasteiger partial charge in [-0.05, 0) is 43.2 Å². The third-order valence-corrected chi connectivity index (χ3v) is 7.94. The smallest absolute Gasteiger partial charge is 0.338 e. The minimum atomic E-state index is -3.90. The number of halogens is 1. The maximum atomic E-state index is 12.9. The van der Waals surface area contributed by atoms with Gasteiger partial charge in [0.25, 0.3) is 5.91 Å². The molecule has 1 saturated heterocycles. The van der Waals surface area contributed by atoms with E-state index in [4.69, 9.17) is 21.1 Å². The highest BCUT2D eigenvalue weighted by atomic mass is 35.5. The Balaban J connectivity index is 1.47. The van der Waals surface area contributed by atoms with Crippen molar-refractivity contribution in [2.75, 3.05) is 37.8 Å². The summed E-state index contributed by atoms with van der Waals surface area (Å²) in [5, 5.41) is 0.00613. The average molecular weight is 479 g/mol. The lowest BCUT2D eigenvalue weighted by Crippen LogP contribution is -2.40. The lowest BCUT2D eigenvalue weighted by Gasteiger charge is -2.26. The molecule has 170 valence electrons. The molecule has 0 radical (unpaired) electrons. The summed E-state index contributed by atoms with van der Waals surface area (Å²) in [6.45, 7) is 2.47. The second-order valence-corrected chi connectivity index (χ2v) is 10.00. The van der Waals surface area contributed by atoms with Crippen LogP contribution in [0.5, 0.6) is 0 Å². The van der Waals surface area contributed by atoms with Gasteiger partial charge in [0, 0.05) is 24.8 Å². The Labute approximate surface area is 191 Å². The number of hydrogen-bond donors (Lipinski definition) is 0. The minimum absolute atomic E-state index is 0.00362. The zero-order chi connectivity index (χ0) is 22.9. The zero-order valence-corrected chi connectivity index (χ0v) is 19.1. The Hall–Kier alpha value is -2.46. The molecule has 2 aliphatic rings. The first-order chi connectivity index (χ1) is 15.3. The molecule has 2 aromatic carbocycles. The van der Waals surface area contributed by atoms with E-state index in [9.17, 15) is 18.0 Å². The number of carbonyl (C=O) groups is 2. The Bertz CT molecular complexity index is 1150. The van der Waals surface area contributed by atoms with Crippen molar-refractivity contribution < 1.29 is 27.5 Å². The molecule has 1 fully saturated rings. The summed E-state index contributed by atoms with van der Waals surface area (Å²) in [5.41, 5.74) is 1.88. The number of anilines is 1. The van der Waals surface area contributed by atoms with E-state index in [1.807, 2.05) is 31.2 Å². The van der Waals surface area contributed by atoms with Crippen LogP contribution in [0.15, 0.2) is 47.4 Å². The van der Waals surface area contributed by atoms with Gasteiger partial charge in [-0.1, -0.05) is 29.8 Å². The molecular weight excluding hydrogens is 456 g/mol. The van der Waals surface area contributed by atoms with E-state index >= 15 is 0 Å². The maximum Gasteiger partial charge on any atom is 0.338 e. The third kappa shape index (κ3) is 4.38. The molecule has 0 aliphatic carbocycles. The van der Waals surface area contributed by atoms with E-state index in [1.54, 1.807) is 4.90 Å². The van der Waals surface area contributed by atoms with Crippen LogP contribution in [0.25, 0.3) is 0 Å². The fraction of sp³-hybridized carbons (Fsp3) is 0.364. The molecule has 4 rings (SSSR count). The number of amides is 1. The van der Waals surface area contributed by atoms with Crippen molar-refractivity contribution in [2.24, 2.45) is 0 Å². The fourth-order valence-corrected chi connectivity index (χ4v) is 5.89. The lowest BCUT2D eigenvalue weighted by molar-refractivity contribution is -0.122. The SMILES string of the molecule is C[C@H]1Cc2ccccc2N1C(=O)COC(=O)c1ccc(Cl)c(S(=O)(=O)N2CCOCC2)c1. The minimum Gasteiger partial charge on any atom is -0.452 e. The van der Waals surface area contributed by atoms with E-state index < -0.39 is 22.6 Å². The van der Waals surface area contributed by atoms with E-state index in [0.29, 0.717) is 13.2 Å². The zero-order valence-electron chi connectivity index (χ0n) is 17.5. The first-order valence-corrected chi connectivity index (χ1v) is 12.1. The summed E-state index contributed by atoms with van der Waals surface area (Å²) in [5.74, 6) is -1.14. The number of benzene rings is 2. The quantitative estimate of drug-likeness (QED) is 0.613. The predicted octanol–water partition coefficient (Wildman–Crippen LogP) is 2.50. The Morgan fingerprint density at radius 3 is 2.62 bits per heavy atom. The number of hydrogen-bond acceptors (Lipinski definition) is 6. The molecule has 0 aromatic heterocycles. The van der Waals surface area contributed by atoms with Crippen LogP contribution in [-0.2, 0) is 30.7 Å². The Morgan fingerprint density at radius 1 is 1.16 bits per heavy atom. The number of sulfonamides is 1. The number of esters is 1. The number of rotatable bonds is 5. The molecule has 0 unspecified atom stereocenters. The van der Waals surface area contributed by atoms with E-state index in [0.717, 1.165) is 17.7 Å².